The predicted molar refractivity (Wildman–Crippen MR) is 65.4 cm³/mol. The van der Waals surface area contributed by atoms with Crippen molar-refractivity contribution in [2.24, 2.45) is 0 Å². The van der Waals surface area contributed by atoms with Crippen molar-refractivity contribution in [3.8, 4) is 0 Å². The molecule has 2 nitrogen and oxygen atoms in total. The van der Waals surface area contributed by atoms with Crippen LogP contribution in [0, 0.1) is 0 Å². The highest BCUT2D eigenvalue weighted by atomic mass is 79.9. The Morgan fingerprint density at radius 1 is 1.41 bits per heavy atom. The van der Waals surface area contributed by atoms with E-state index in [0.717, 1.165) is 5.56 Å². The molecule has 0 aliphatic heterocycles. The van der Waals surface area contributed by atoms with Crippen LogP contribution in [0.25, 0.3) is 0 Å². The summed E-state index contributed by atoms with van der Waals surface area (Å²) in [5.41, 5.74) is 0.769. The predicted octanol–water partition coefficient (Wildman–Crippen LogP) is 3.76. The van der Waals surface area contributed by atoms with Gasteiger partial charge < -0.3 is 4.90 Å². The summed E-state index contributed by atoms with van der Waals surface area (Å²) in [4.78, 5) is 5.32. The van der Waals surface area contributed by atoms with Crippen LogP contribution in [0.2, 0.25) is 0 Å². The minimum absolute atomic E-state index is 0.344. The van der Waals surface area contributed by atoms with Crippen LogP contribution in [-0.2, 0) is 5.33 Å². The van der Waals surface area contributed by atoms with E-state index < -0.39 is 12.7 Å². The fraction of sp³-hybridized carbons (Fsp3) is 0.545. The third-order valence-corrected chi connectivity index (χ3v) is 2.78. The van der Waals surface area contributed by atoms with Crippen molar-refractivity contribution >= 4 is 21.7 Å². The Labute approximate surface area is 107 Å². The number of rotatable bonds is 5. The molecule has 0 bridgehead atoms. The minimum Gasteiger partial charge on any atom is -0.347 e. The van der Waals surface area contributed by atoms with Crippen molar-refractivity contribution in [3.05, 3.63) is 23.9 Å². The van der Waals surface area contributed by atoms with Crippen LogP contribution in [0.4, 0.5) is 19.0 Å². The molecule has 17 heavy (non-hydrogen) atoms. The van der Waals surface area contributed by atoms with Gasteiger partial charge in [-0.15, -0.1) is 0 Å². The number of pyridine rings is 1. The van der Waals surface area contributed by atoms with Gasteiger partial charge in [0.15, 0.2) is 0 Å². The first-order valence-corrected chi connectivity index (χ1v) is 6.41. The maximum absolute atomic E-state index is 12.5. The monoisotopic (exact) mass is 310 g/mol. The minimum atomic E-state index is -4.21. The Hall–Kier alpha value is -0.780. The average molecular weight is 311 g/mol. The maximum Gasteiger partial charge on any atom is 0.405 e. The first-order chi connectivity index (χ1) is 7.98. The second-order valence-electron chi connectivity index (χ2n) is 3.66. The van der Waals surface area contributed by atoms with E-state index in [2.05, 4.69) is 20.9 Å². The van der Waals surface area contributed by atoms with E-state index in [-0.39, 0.29) is 0 Å². The Bertz CT molecular complexity index is 355. The molecule has 6 heteroatoms. The third-order valence-electron chi connectivity index (χ3n) is 2.17. The molecule has 0 saturated carbocycles. The number of alkyl halides is 4. The largest absolute Gasteiger partial charge is 0.405 e. The van der Waals surface area contributed by atoms with Crippen molar-refractivity contribution in [1.29, 1.82) is 0 Å². The third kappa shape index (κ3) is 4.53. The highest BCUT2D eigenvalue weighted by Gasteiger charge is 2.31. The smallest absolute Gasteiger partial charge is 0.347 e. The second kappa shape index (κ2) is 6.23. The van der Waals surface area contributed by atoms with E-state index in [4.69, 9.17) is 0 Å². The molecule has 0 N–H and O–H groups in total. The normalized spacial score (nSPS) is 11.6. The fourth-order valence-electron chi connectivity index (χ4n) is 1.57. The summed E-state index contributed by atoms with van der Waals surface area (Å²) in [5.74, 6) is 0.406. The topological polar surface area (TPSA) is 16.1 Å². The number of hydrogen-bond donors (Lipinski definition) is 0. The molecule has 96 valence electrons. The molecule has 1 aromatic rings. The first-order valence-electron chi connectivity index (χ1n) is 5.29. The van der Waals surface area contributed by atoms with Gasteiger partial charge >= 0.3 is 6.18 Å². The maximum atomic E-state index is 12.5. The lowest BCUT2D eigenvalue weighted by Crippen LogP contribution is -2.36. The Morgan fingerprint density at radius 2 is 2.12 bits per heavy atom. The zero-order valence-corrected chi connectivity index (χ0v) is 11.1. The van der Waals surface area contributed by atoms with Crippen LogP contribution in [0.5, 0.6) is 0 Å². The standard InChI is InChI=1S/C11H14BrF3N2/c1-2-6-17(8-11(13,14)15)10-9(7-12)4-3-5-16-10/h3-5H,2,6-8H2,1H3. The lowest BCUT2D eigenvalue weighted by Gasteiger charge is -2.26. The molecule has 0 amide bonds. The van der Waals surface area contributed by atoms with Crippen LogP contribution >= 0.6 is 15.9 Å². The van der Waals surface area contributed by atoms with Crippen molar-refractivity contribution < 1.29 is 13.2 Å². The zero-order chi connectivity index (χ0) is 12.9. The van der Waals surface area contributed by atoms with Crippen LogP contribution in [0.3, 0.4) is 0 Å². The van der Waals surface area contributed by atoms with Crippen LogP contribution in [0.15, 0.2) is 18.3 Å². The molecule has 0 atom stereocenters. The molecule has 0 saturated heterocycles. The summed E-state index contributed by atoms with van der Waals surface area (Å²) in [6.45, 7) is 1.23. The van der Waals surface area contributed by atoms with E-state index >= 15 is 0 Å². The Kier molecular flexibility index (Phi) is 5.24. The fourth-order valence-corrected chi connectivity index (χ4v) is 2.00. The molecular weight excluding hydrogens is 297 g/mol. The van der Waals surface area contributed by atoms with Gasteiger partial charge in [-0.1, -0.05) is 28.9 Å². The summed E-state index contributed by atoms with van der Waals surface area (Å²) >= 11 is 3.26. The van der Waals surface area contributed by atoms with Crippen LogP contribution < -0.4 is 4.90 Å². The van der Waals surface area contributed by atoms with Crippen molar-refractivity contribution in [1.82, 2.24) is 4.98 Å². The zero-order valence-electron chi connectivity index (χ0n) is 9.47. The second-order valence-corrected chi connectivity index (χ2v) is 4.22. The Morgan fingerprint density at radius 3 is 2.65 bits per heavy atom. The average Bonchev–Trinajstić information content (AvgIpc) is 2.27. The molecule has 0 aromatic carbocycles. The van der Waals surface area contributed by atoms with Gasteiger partial charge in [0.25, 0.3) is 0 Å². The summed E-state index contributed by atoms with van der Waals surface area (Å²) in [6, 6.07) is 3.49. The van der Waals surface area contributed by atoms with E-state index in [0.29, 0.717) is 24.1 Å². The molecule has 1 rings (SSSR count). The van der Waals surface area contributed by atoms with Gasteiger partial charge in [0.05, 0.1) is 0 Å². The molecule has 1 aromatic heterocycles. The van der Waals surface area contributed by atoms with Crippen LogP contribution in [-0.4, -0.2) is 24.2 Å². The number of aromatic nitrogens is 1. The van der Waals surface area contributed by atoms with Gasteiger partial charge in [0, 0.05) is 23.6 Å². The van der Waals surface area contributed by atoms with Gasteiger partial charge in [0.1, 0.15) is 12.4 Å². The quantitative estimate of drug-likeness (QED) is 0.770. The SMILES string of the molecule is CCCN(CC(F)(F)F)c1ncccc1CBr. The lowest BCUT2D eigenvalue weighted by atomic mass is 10.2. The number of anilines is 1. The highest BCUT2D eigenvalue weighted by molar-refractivity contribution is 9.08. The van der Waals surface area contributed by atoms with Gasteiger partial charge in [-0.3, -0.25) is 0 Å². The molecular formula is C11H14BrF3N2. The highest BCUT2D eigenvalue weighted by Crippen LogP contribution is 2.24. The van der Waals surface area contributed by atoms with Crippen molar-refractivity contribution in [3.63, 3.8) is 0 Å². The van der Waals surface area contributed by atoms with Crippen molar-refractivity contribution in [2.75, 3.05) is 18.0 Å². The van der Waals surface area contributed by atoms with Gasteiger partial charge in [-0.2, -0.15) is 13.2 Å². The molecule has 0 aliphatic carbocycles. The summed E-state index contributed by atoms with van der Waals surface area (Å²) in [6.07, 6.45) is -2.05. The van der Waals surface area contributed by atoms with E-state index in [9.17, 15) is 13.2 Å². The van der Waals surface area contributed by atoms with Crippen LogP contribution in [0.1, 0.15) is 18.9 Å². The number of halogens is 4. The van der Waals surface area contributed by atoms with Crippen molar-refractivity contribution in [2.45, 2.75) is 24.9 Å². The number of nitrogens with zero attached hydrogens (tertiary/aromatic N) is 2. The van der Waals surface area contributed by atoms with Gasteiger partial charge in [-0.05, 0) is 12.5 Å². The lowest BCUT2D eigenvalue weighted by molar-refractivity contribution is -0.119. The van der Waals surface area contributed by atoms with E-state index in [1.54, 1.807) is 12.1 Å². The van der Waals surface area contributed by atoms with Gasteiger partial charge in [0.2, 0.25) is 0 Å². The molecule has 0 aliphatic rings. The van der Waals surface area contributed by atoms with E-state index in [1.165, 1.54) is 11.1 Å². The Balaban J connectivity index is 2.96. The summed E-state index contributed by atoms with van der Waals surface area (Å²) in [5, 5.41) is 0.494. The molecule has 0 unspecified atom stereocenters. The molecule has 0 fully saturated rings. The van der Waals surface area contributed by atoms with E-state index in [1.807, 2.05) is 6.92 Å². The molecule has 0 radical (unpaired) electrons. The summed E-state index contributed by atoms with van der Waals surface area (Å²) in [7, 11) is 0. The number of hydrogen-bond acceptors (Lipinski definition) is 2. The molecule has 1 heterocycles. The first kappa shape index (κ1) is 14.3. The van der Waals surface area contributed by atoms with Gasteiger partial charge in [-0.25, -0.2) is 4.98 Å². The molecule has 0 spiro atoms. The summed E-state index contributed by atoms with van der Waals surface area (Å²) < 4.78 is 37.4.